The second kappa shape index (κ2) is 6.58. The second-order valence-corrected chi connectivity index (χ2v) is 6.13. The van der Waals surface area contributed by atoms with E-state index in [1.807, 2.05) is 13.0 Å². The van der Waals surface area contributed by atoms with Gasteiger partial charge in [0, 0.05) is 5.02 Å². The predicted molar refractivity (Wildman–Crippen MR) is 87.4 cm³/mol. The molecule has 0 spiro atoms. The minimum absolute atomic E-state index is 0.149. The van der Waals surface area contributed by atoms with Crippen LogP contribution in [-0.2, 0) is 6.42 Å². The highest BCUT2D eigenvalue weighted by molar-refractivity contribution is 9.09. The van der Waals surface area contributed by atoms with E-state index in [4.69, 9.17) is 11.6 Å². The van der Waals surface area contributed by atoms with Crippen LogP contribution in [0.5, 0.6) is 0 Å². The Morgan fingerprint density at radius 1 is 1.11 bits per heavy atom. The van der Waals surface area contributed by atoms with Crippen molar-refractivity contribution in [2.75, 3.05) is 0 Å². The van der Waals surface area contributed by atoms with Crippen LogP contribution in [0.1, 0.15) is 40.4 Å². The third-order valence-corrected chi connectivity index (χ3v) is 4.84. The van der Waals surface area contributed by atoms with Gasteiger partial charge in [-0.1, -0.05) is 83.3 Å². The number of aryl methyl sites for hydroxylation is 2. The highest BCUT2D eigenvalue weighted by Gasteiger charge is 2.14. The van der Waals surface area contributed by atoms with Gasteiger partial charge in [0.1, 0.15) is 0 Å². The van der Waals surface area contributed by atoms with E-state index in [2.05, 4.69) is 59.3 Å². The van der Waals surface area contributed by atoms with Crippen molar-refractivity contribution in [1.29, 1.82) is 0 Å². The third-order valence-electron chi connectivity index (χ3n) is 3.31. The second-order valence-electron chi connectivity index (χ2n) is 4.83. The summed E-state index contributed by atoms with van der Waals surface area (Å²) in [5.41, 5.74) is 4.88. The summed E-state index contributed by atoms with van der Waals surface area (Å²) >= 11 is 10.1. The molecule has 0 fully saturated rings. The molecule has 2 rings (SSSR count). The molecule has 19 heavy (non-hydrogen) atoms. The lowest BCUT2D eigenvalue weighted by Gasteiger charge is -2.14. The van der Waals surface area contributed by atoms with E-state index in [-0.39, 0.29) is 4.83 Å². The standard InChI is InChI=1S/C17H18BrCl/c1-3-5-13-8-10-14(11-9-13)16(18)15-7-4-6-12(2)17(15)19/h4,6-11,16H,3,5H2,1-2H3. The van der Waals surface area contributed by atoms with Crippen molar-refractivity contribution in [3.05, 3.63) is 69.7 Å². The van der Waals surface area contributed by atoms with Gasteiger partial charge in [-0.25, -0.2) is 0 Å². The van der Waals surface area contributed by atoms with Crippen molar-refractivity contribution in [3.8, 4) is 0 Å². The Balaban J connectivity index is 2.28. The van der Waals surface area contributed by atoms with Gasteiger partial charge < -0.3 is 0 Å². The number of hydrogen-bond acceptors (Lipinski definition) is 0. The van der Waals surface area contributed by atoms with Crippen molar-refractivity contribution in [2.24, 2.45) is 0 Å². The van der Waals surface area contributed by atoms with Gasteiger partial charge in [-0.15, -0.1) is 0 Å². The van der Waals surface area contributed by atoms with E-state index in [1.54, 1.807) is 0 Å². The first-order valence-corrected chi connectivity index (χ1v) is 7.90. The molecule has 0 aliphatic heterocycles. The van der Waals surface area contributed by atoms with E-state index >= 15 is 0 Å². The van der Waals surface area contributed by atoms with Crippen LogP contribution in [0.25, 0.3) is 0 Å². The fraction of sp³-hybridized carbons (Fsp3) is 0.294. The molecular formula is C17H18BrCl. The van der Waals surface area contributed by atoms with Crippen LogP contribution >= 0.6 is 27.5 Å². The van der Waals surface area contributed by atoms with Crippen molar-refractivity contribution in [2.45, 2.75) is 31.5 Å². The molecule has 0 saturated heterocycles. The van der Waals surface area contributed by atoms with Gasteiger partial charge in [-0.3, -0.25) is 0 Å². The van der Waals surface area contributed by atoms with Crippen molar-refractivity contribution < 1.29 is 0 Å². The molecule has 0 nitrogen and oxygen atoms in total. The molecule has 1 atom stereocenters. The monoisotopic (exact) mass is 336 g/mol. The van der Waals surface area contributed by atoms with Gasteiger partial charge >= 0.3 is 0 Å². The first-order valence-electron chi connectivity index (χ1n) is 6.61. The lowest BCUT2D eigenvalue weighted by molar-refractivity contribution is 0.920. The SMILES string of the molecule is CCCc1ccc(C(Br)c2cccc(C)c2Cl)cc1. The van der Waals surface area contributed by atoms with Gasteiger partial charge in [0.2, 0.25) is 0 Å². The maximum absolute atomic E-state index is 6.39. The Labute approximate surface area is 128 Å². The first kappa shape index (κ1) is 14.6. The summed E-state index contributed by atoms with van der Waals surface area (Å²) < 4.78 is 0. The largest absolute Gasteiger partial charge is 0.0837 e. The van der Waals surface area contributed by atoms with Crippen molar-refractivity contribution >= 4 is 27.5 Å². The van der Waals surface area contributed by atoms with Crippen LogP contribution in [-0.4, -0.2) is 0 Å². The zero-order valence-electron chi connectivity index (χ0n) is 11.3. The Bertz CT molecular complexity index is 546. The molecule has 2 heteroatoms. The molecule has 2 aromatic carbocycles. The van der Waals surface area contributed by atoms with Crippen LogP contribution in [0.4, 0.5) is 0 Å². The summed E-state index contributed by atoms with van der Waals surface area (Å²) in [5, 5.41) is 0.849. The van der Waals surface area contributed by atoms with Crippen LogP contribution < -0.4 is 0 Å². The molecule has 100 valence electrons. The molecule has 0 heterocycles. The quantitative estimate of drug-likeness (QED) is 0.593. The molecule has 0 aliphatic carbocycles. The minimum Gasteiger partial charge on any atom is -0.0837 e. The Kier molecular flexibility index (Phi) is 5.06. The van der Waals surface area contributed by atoms with E-state index in [1.165, 1.54) is 17.5 Å². The molecule has 0 bridgehead atoms. The number of halogens is 2. The summed E-state index contributed by atoms with van der Waals surface area (Å²) in [6, 6.07) is 14.9. The molecule has 0 N–H and O–H groups in total. The Hall–Kier alpha value is -0.790. The summed E-state index contributed by atoms with van der Waals surface area (Å²) in [5.74, 6) is 0. The fourth-order valence-electron chi connectivity index (χ4n) is 2.19. The van der Waals surface area contributed by atoms with E-state index in [0.29, 0.717) is 0 Å². The van der Waals surface area contributed by atoms with Gasteiger partial charge in [-0.2, -0.15) is 0 Å². The van der Waals surface area contributed by atoms with Gasteiger partial charge in [-0.05, 0) is 35.6 Å². The molecule has 0 saturated carbocycles. The average molecular weight is 338 g/mol. The average Bonchev–Trinajstić information content (AvgIpc) is 2.42. The lowest BCUT2D eigenvalue weighted by Crippen LogP contribution is -1.95. The van der Waals surface area contributed by atoms with Gasteiger partial charge in [0.15, 0.2) is 0 Å². The molecule has 0 radical (unpaired) electrons. The predicted octanol–water partition coefficient (Wildman–Crippen LogP) is 6.09. The van der Waals surface area contributed by atoms with E-state index in [0.717, 1.165) is 22.6 Å². The molecule has 0 aromatic heterocycles. The van der Waals surface area contributed by atoms with Crippen LogP contribution in [0.2, 0.25) is 5.02 Å². The summed E-state index contributed by atoms with van der Waals surface area (Å²) in [6.07, 6.45) is 2.32. The molecule has 1 unspecified atom stereocenters. The number of rotatable bonds is 4. The van der Waals surface area contributed by atoms with Gasteiger partial charge in [0.05, 0.1) is 4.83 Å². The lowest BCUT2D eigenvalue weighted by atomic mass is 10.0. The van der Waals surface area contributed by atoms with E-state index in [9.17, 15) is 0 Å². The molecule has 2 aromatic rings. The molecule has 0 aliphatic rings. The smallest absolute Gasteiger partial charge is 0.0659 e. The van der Waals surface area contributed by atoms with E-state index < -0.39 is 0 Å². The normalized spacial score (nSPS) is 12.4. The summed E-state index contributed by atoms with van der Waals surface area (Å²) in [6.45, 7) is 4.24. The number of alkyl halides is 1. The Morgan fingerprint density at radius 3 is 2.42 bits per heavy atom. The van der Waals surface area contributed by atoms with Crippen LogP contribution in [0.15, 0.2) is 42.5 Å². The number of benzene rings is 2. The van der Waals surface area contributed by atoms with Crippen molar-refractivity contribution in [1.82, 2.24) is 0 Å². The van der Waals surface area contributed by atoms with Crippen molar-refractivity contribution in [3.63, 3.8) is 0 Å². The van der Waals surface area contributed by atoms with Crippen LogP contribution in [0.3, 0.4) is 0 Å². The Morgan fingerprint density at radius 2 is 1.79 bits per heavy atom. The van der Waals surface area contributed by atoms with Crippen LogP contribution in [0, 0.1) is 6.92 Å². The van der Waals surface area contributed by atoms with Gasteiger partial charge in [0.25, 0.3) is 0 Å². The number of hydrogen-bond donors (Lipinski definition) is 0. The maximum Gasteiger partial charge on any atom is 0.0659 e. The minimum atomic E-state index is 0.149. The third kappa shape index (κ3) is 3.40. The zero-order valence-corrected chi connectivity index (χ0v) is 13.6. The highest BCUT2D eigenvalue weighted by atomic mass is 79.9. The zero-order chi connectivity index (χ0) is 13.8. The summed E-state index contributed by atoms with van der Waals surface area (Å²) in [7, 11) is 0. The summed E-state index contributed by atoms with van der Waals surface area (Å²) in [4.78, 5) is 0.149. The maximum atomic E-state index is 6.39. The fourth-order valence-corrected chi connectivity index (χ4v) is 3.24. The molecular weight excluding hydrogens is 320 g/mol. The molecule has 0 amide bonds. The highest BCUT2D eigenvalue weighted by Crippen LogP contribution is 2.36. The first-order chi connectivity index (χ1) is 9.13. The topological polar surface area (TPSA) is 0 Å².